The van der Waals surface area contributed by atoms with E-state index in [1.807, 2.05) is 25.1 Å². The van der Waals surface area contributed by atoms with Crippen molar-refractivity contribution in [3.8, 4) is 11.5 Å². The molecule has 1 heterocycles. The van der Waals surface area contributed by atoms with E-state index >= 15 is 0 Å². The summed E-state index contributed by atoms with van der Waals surface area (Å²) in [6, 6.07) is 8.69. The highest BCUT2D eigenvalue weighted by atomic mass is 32.1. The van der Waals surface area contributed by atoms with E-state index in [9.17, 15) is 9.59 Å². The largest absolute Gasteiger partial charge is 0.497 e. The summed E-state index contributed by atoms with van der Waals surface area (Å²) in [6.07, 6.45) is 1.90. The van der Waals surface area contributed by atoms with Crippen LogP contribution in [0.1, 0.15) is 41.0 Å². The third kappa shape index (κ3) is 4.16. The lowest BCUT2D eigenvalue weighted by molar-refractivity contribution is -0.117. The maximum Gasteiger partial charge on any atom is 0.261 e. The maximum absolute atomic E-state index is 12.5. The van der Waals surface area contributed by atoms with Gasteiger partial charge in [0.2, 0.25) is 5.91 Å². The van der Waals surface area contributed by atoms with Gasteiger partial charge in [0, 0.05) is 11.5 Å². The molecule has 26 heavy (non-hydrogen) atoms. The molecule has 1 atom stereocenters. The third-order valence-corrected chi connectivity index (χ3v) is 5.27. The van der Waals surface area contributed by atoms with Gasteiger partial charge >= 0.3 is 0 Å². The van der Waals surface area contributed by atoms with Crippen molar-refractivity contribution >= 4 is 28.2 Å². The number of hydrogen-bond acceptors (Lipinski definition) is 5. The molecule has 1 saturated carbocycles. The Morgan fingerprint density at radius 2 is 1.92 bits per heavy atom. The fraction of sp³-hybridized carbons (Fsp3) is 0.368. The molecule has 2 N–H and O–H groups in total. The van der Waals surface area contributed by atoms with Gasteiger partial charge in [-0.2, -0.15) is 0 Å². The highest BCUT2D eigenvalue weighted by molar-refractivity contribution is 7.18. The van der Waals surface area contributed by atoms with Crippen LogP contribution in [0.2, 0.25) is 0 Å². The summed E-state index contributed by atoms with van der Waals surface area (Å²) in [7, 11) is 3.19. The van der Waals surface area contributed by atoms with Crippen LogP contribution < -0.4 is 20.1 Å². The molecule has 0 spiro atoms. The van der Waals surface area contributed by atoms with E-state index in [0.717, 1.165) is 18.4 Å². The number of anilines is 1. The van der Waals surface area contributed by atoms with Gasteiger partial charge < -0.3 is 20.1 Å². The van der Waals surface area contributed by atoms with Crippen LogP contribution in [-0.4, -0.2) is 26.0 Å². The Morgan fingerprint density at radius 1 is 1.15 bits per heavy atom. The fourth-order valence-corrected chi connectivity index (χ4v) is 3.43. The zero-order valence-corrected chi connectivity index (χ0v) is 15.8. The first-order chi connectivity index (χ1) is 12.5. The van der Waals surface area contributed by atoms with E-state index in [1.165, 1.54) is 11.3 Å². The molecule has 0 unspecified atom stereocenters. The predicted octanol–water partition coefficient (Wildman–Crippen LogP) is 3.60. The quantitative estimate of drug-likeness (QED) is 0.776. The molecule has 0 saturated heterocycles. The SMILES string of the molecule is COc1ccc(OC)c([C@@H](C)NC(=O)c2ccc(NC(=O)C3CC3)s2)c1. The smallest absolute Gasteiger partial charge is 0.261 e. The molecule has 1 aromatic carbocycles. The summed E-state index contributed by atoms with van der Waals surface area (Å²) >= 11 is 1.27. The highest BCUT2D eigenvalue weighted by Crippen LogP contribution is 2.32. The Kier molecular flexibility index (Phi) is 5.46. The zero-order chi connectivity index (χ0) is 18.7. The summed E-state index contributed by atoms with van der Waals surface area (Å²) in [5.74, 6) is 1.35. The lowest BCUT2D eigenvalue weighted by atomic mass is 10.1. The molecule has 0 bridgehead atoms. The first kappa shape index (κ1) is 18.3. The van der Waals surface area contributed by atoms with Gasteiger partial charge in [-0.3, -0.25) is 9.59 Å². The van der Waals surface area contributed by atoms with Crippen molar-refractivity contribution in [2.45, 2.75) is 25.8 Å². The first-order valence-corrected chi connectivity index (χ1v) is 9.27. The minimum absolute atomic E-state index is 0.0355. The second-order valence-electron chi connectivity index (χ2n) is 6.23. The van der Waals surface area contributed by atoms with Gasteiger partial charge in [-0.05, 0) is 50.1 Å². The number of ether oxygens (including phenoxy) is 2. The van der Waals surface area contributed by atoms with Crippen molar-refractivity contribution in [3.63, 3.8) is 0 Å². The monoisotopic (exact) mass is 374 g/mol. The van der Waals surface area contributed by atoms with Crippen LogP contribution >= 0.6 is 11.3 Å². The molecule has 1 aliphatic rings. The molecule has 1 aliphatic carbocycles. The number of thiophene rings is 1. The van der Waals surface area contributed by atoms with Gasteiger partial charge in [0.15, 0.2) is 0 Å². The molecule has 1 fully saturated rings. The van der Waals surface area contributed by atoms with Gasteiger partial charge in [0.1, 0.15) is 11.5 Å². The summed E-state index contributed by atoms with van der Waals surface area (Å²) in [4.78, 5) is 24.9. The Labute approximate surface area is 156 Å². The molecular weight excluding hydrogens is 352 g/mol. The van der Waals surface area contributed by atoms with E-state index in [2.05, 4.69) is 10.6 Å². The van der Waals surface area contributed by atoms with Crippen LogP contribution in [-0.2, 0) is 4.79 Å². The molecule has 3 rings (SSSR count). The molecular formula is C19H22N2O4S. The number of nitrogens with one attached hydrogen (secondary N) is 2. The van der Waals surface area contributed by atoms with E-state index < -0.39 is 0 Å². The second kappa shape index (κ2) is 7.78. The Morgan fingerprint density at radius 3 is 2.58 bits per heavy atom. The lowest BCUT2D eigenvalue weighted by Crippen LogP contribution is -2.26. The number of amides is 2. The van der Waals surface area contributed by atoms with Gasteiger partial charge in [-0.1, -0.05) is 0 Å². The number of methoxy groups -OCH3 is 2. The van der Waals surface area contributed by atoms with E-state index in [1.54, 1.807) is 26.4 Å². The number of carbonyl (C=O) groups excluding carboxylic acids is 2. The predicted molar refractivity (Wildman–Crippen MR) is 101 cm³/mol. The topological polar surface area (TPSA) is 76.7 Å². The lowest BCUT2D eigenvalue weighted by Gasteiger charge is -2.18. The zero-order valence-electron chi connectivity index (χ0n) is 15.0. The van der Waals surface area contributed by atoms with Crippen LogP contribution in [0.5, 0.6) is 11.5 Å². The normalized spacial score (nSPS) is 14.4. The molecule has 6 nitrogen and oxygen atoms in total. The van der Waals surface area contributed by atoms with Crippen LogP contribution in [0.3, 0.4) is 0 Å². The number of carbonyl (C=O) groups is 2. The summed E-state index contributed by atoms with van der Waals surface area (Å²) in [5, 5.41) is 6.52. The fourth-order valence-electron chi connectivity index (χ4n) is 2.62. The van der Waals surface area contributed by atoms with Crippen molar-refractivity contribution in [1.29, 1.82) is 0 Å². The second-order valence-corrected chi connectivity index (χ2v) is 7.31. The van der Waals surface area contributed by atoms with Crippen molar-refractivity contribution in [1.82, 2.24) is 5.32 Å². The molecule has 138 valence electrons. The van der Waals surface area contributed by atoms with Crippen molar-refractivity contribution in [2.24, 2.45) is 5.92 Å². The summed E-state index contributed by atoms with van der Waals surface area (Å²) < 4.78 is 10.6. The highest BCUT2D eigenvalue weighted by Gasteiger charge is 2.30. The third-order valence-electron chi connectivity index (χ3n) is 4.28. The Bertz CT molecular complexity index is 814. The molecule has 2 amide bonds. The number of rotatable bonds is 7. The molecule has 1 aromatic heterocycles. The van der Waals surface area contributed by atoms with Gasteiger partial charge in [0.05, 0.1) is 30.1 Å². The van der Waals surface area contributed by atoms with Crippen LogP contribution in [0, 0.1) is 5.92 Å². The molecule has 2 aromatic rings. The van der Waals surface area contributed by atoms with Crippen molar-refractivity contribution in [2.75, 3.05) is 19.5 Å². The average molecular weight is 374 g/mol. The van der Waals surface area contributed by atoms with Gasteiger partial charge in [-0.25, -0.2) is 0 Å². The Balaban J connectivity index is 1.67. The van der Waals surface area contributed by atoms with E-state index in [-0.39, 0.29) is 23.8 Å². The minimum atomic E-state index is -0.265. The van der Waals surface area contributed by atoms with Crippen LogP contribution in [0.25, 0.3) is 0 Å². The summed E-state index contributed by atoms with van der Waals surface area (Å²) in [5.41, 5.74) is 0.832. The number of hydrogen-bond donors (Lipinski definition) is 2. The first-order valence-electron chi connectivity index (χ1n) is 8.45. The standard InChI is InChI=1S/C19H22N2O4S/c1-11(14-10-13(24-2)6-7-15(14)25-3)20-19(23)16-8-9-17(26-16)21-18(22)12-4-5-12/h6-12H,4-5H2,1-3H3,(H,20,23)(H,21,22)/t11-/m1/s1. The van der Waals surface area contributed by atoms with E-state index in [0.29, 0.717) is 21.4 Å². The molecule has 0 radical (unpaired) electrons. The average Bonchev–Trinajstić information content (AvgIpc) is 3.40. The molecule has 0 aliphatic heterocycles. The minimum Gasteiger partial charge on any atom is -0.497 e. The summed E-state index contributed by atoms with van der Waals surface area (Å²) in [6.45, 7) is 1.89. The maximum atomic E-state index is 12.5. The Hall–Kier alpha value is -2.54. The van der Waals surface area contributed by atoms with E-state index in [4.69, 9.17) is 9.47 Å². The van der Waals surface area contributed by atoms with Crippen LogP contribution in [0.15, 0.2) is 30.3 Å². The van der Waals surface area contributed by atoms with Crippen molar-refractivity contribution in [3.05, 3.63) is 40.8 Å². The van der Waals surface area contributed by atoms with Crippen LogP contribution in [0.4, 0.5) is 5.00 Å². The number of benzene rings is 1. The molecule has 7 heteroatoms. The van der Waals surface area contributed by atoms with Gasteiger partial charge in [0.25, 0.3) is 5.91 Å². The van der Waals surface area contributed by atoms with Crippen molar-refractivity contribution < 1.29 is 19.1 Å². The van der Waals surface area contributed by atoms with Gasteiger partial charge in [-0.15, -0.1) is 11.3 Å².